The molecular weight excluding hydrogens is 318 g/mol. The van der Waals surface area contributed by atoms with Crippen LogP contribution in [0.2, 0.25) is 0 Å². The van der Waals surface area contributed by atoms with Crippen molar-refractivity contribution in [2.24, 2.45) is 0 Å². The van der Waals surface area contributed by atoms with E-state index in [4.69, 9.17) is 4.74 Å². The number of benzene rings is 2. The number of carbonyl (C=O) groups is 2. The van der Waals surface area contributed by atoms with Gasteiger partial charge in [0.1, 0.15) is 11.8 Å². The lowest BCUT2D eigenvalue weighted by molar-refractivity contribution is -0.142. The number of rotatable bonds is 2. The molecule has 2 aliphatic rings. The minimum atomic E-state index is -0.968. The Morgan fingerprint density at radius 1 is 1.08 bits per heavy atom. The highest BCUT2D eigenvalue weighted by Gasteiger charge is 2.35. The van der Waals surface area contributed by atoms with Gasteiger partial charge in [-0.1, -0.05) is 24.3 Å². The minimum absolute atomic E-state index is 0.240. The molecule has 0 fully saturated rings. The Bertz CT molecular complexity index is 845. The molecule has 1 amide bonds. The zero-order valence-corrected chi connectivity index (χ0v) is 13.8. The molecule has 5 nitrogen and oxygen atoms in total. The molecule has 25 heavy (non-hydrogen) atoms. The highest BCUT2D eigenvalue weighted by molar-refractivity contribution is 5.97. The van der Waals surface area contributed by atoms with Crippen LogP contribution in [0.1, 0.15) is 33.5 Å². The lowest BCUT2D eigenvalue weighted by Crippen LogP contribution is -2.48. The SMILES string of the molecule is O=C(O)[C@@H]1Cc2ccccc2CN1C(=O)c1ccc2c(c1)CCCO2. The highest BCUT2D eigenvalue weighted by Crippen LogP contribution is 2.29. The Labute approximate surface area is 145 Å². The molecule has 0 unspecified atom stereocenters. The number of fused-ring (bicyclic) bond motifs is 2. The van der Waals surface area contributed by atoms with Gasteiger partial charge in [0.05, 0.1) is 6.61 Å². The van der Waals surface area contributed by atoms with E-state index in [2.05, 4.69) is 0 Å². The molecule has 0 radical (unpaired) electrons. The predicted molar refractivity (Wildman–Crippen MR) is 91.7 cm³/mol. The molecule has 2 heterocycles. The Kier molecular flexibility index (Phi) is 3.92. The second kappa shape index (κ2) is 6.24. The van der Waals surface area contributed by atoms with Crippen molar-refractivity contribution in [1.82, 2.24) is 4.90 Å². The van der Waals surface area contributed by atoms with Gasteiger partial charge in [-0.3, -0.25) is 4.79 Å². The Hall–Kier alpha value is -2.82. The standard InChI is InChI=1S/C20H19NO4/c22-19(15-7-8-18-14(10-15)6-3-9-25-18)21-12-16-5-2-1-4-13(16)11-17(21)20(23)24/h1-2,4-5,7-8,10,17H,3,6,9,11-12H2,(H,23,24)/t17-/m0/s1. The molecule has 2 aromatic carbocycles. The third kappa shape index (κ3) is 2.86. The molecule has 128 valence electrons. The van der Waals surface area contributed by atoms with Crippen LogP contribution in [-0.4, -0.2) is 34.5 Å². The Balaban J connectivity index is 1.67. The second-order valence-electron chi connectivity index (χ2n) is 6.53. The van der Waals surface area contributed by atoms with Crippen LogP contribution in [0.25, 0.3) is 0 Å². The van der Waals surface area contributed by atoms with Crippen LogP contribution in [0.4, 0.5) is 0 Å². The lowest BCUT2D eigenvalue weighted by Gasteiger charge is -2.34. The first-order valence-electron chi connectivity index (χ1n) is 8.50. The summed E-state index contributed by atoms with van der Waals surface area (Å²) in [4.78, 5) is 26.2. The number of carbonyl (C=O) groups excluding carboxylic acids is 1. The predicted octanol–water partition coefficient (Wildman–Crippen LogP) is 2.66. The lowest BCUT2D eigenvalue weighted by atomic mass is 9.93. The summed E-state index contributed by atoms with van der Waals surface area (Å²) in [7, 11) is 0. The number of aryl methyl sites for hydroxylation is 1. The van der Waals surface area contributed by atoms with Gasteiger partial charge in [-0.2, -0.15) is 0 Å². The summed E-state index contributed by atoms with van der Waals surface area (Å²) in [6, 6.07) is 12.3. The Morgan fingerprint density at radius 2 is 1.88 bits per heavy atom. The van der Waals surface area contributed by atoms with Crippen LogP contribution < -0.4 is 4.74 Å². The molecule has 2 aromatic rings. The fourth-order valence-electron chi connectivity index (χ4n) is 3.62. The first-order chi connectivity index (χ1) is 12.1. The van der Waals surface area contributed by atoms with E-state index in [0.717, 1.165) is 35.3 Å². The summed E-state index contributed by atoms with van der Waals surface area (Å²) in [6.45, 7) is 1.02. The number of carboxylic acids is 1. The molecule has 0 saturated heterocycles. The van der Waals surface area contributed by atoms with E-state index in [0.29, 0.717) is 25.1 Å². The fraction of sp³-hybridized carbons (Fsp3) is 0.300. The van der Waals surface area contributed by atoms with Crippen LogP contribution in [0.5, 0.6) is 5.75 Å². The zero-order chi connectivity index (χ0) is 17.4. The van der Waals surface area contributed by atoms with Crippen molar-refractivity contribution in [3.05, 3.63) is 64.7 Å². The van der Waals surface area contributed by atoms with E-state index in [1.807, 2.05) is 36.4 Å². The summed E-state index contributed by atoms with van der Waals surface area (Å²) in [6.07, 6.45) is 2.15. The van der Waals surface area contributed by atoms with Gasteiger partial charge >= 0.3 is 5.97 Å². The maximum absolute atomic E-state index is 13.0. The molecule has 1 atom stereocenters. The van der Waals surface area contributed by atoms with Gasteiger partial charge in [0.2, 0.25) is 0 Å². The fourth-order valence-corrected chi connectivity index (χ4v) is 3.62. The minimum Gasteiger partial charge on any atom is -0.493 e. The molecule has 1 N–H and O–H groups in total. The maximum atomic E-state index is 13.0. The van der Waals surface area contributed by atoms with Crippen molar-refractivity contribution >= 4 is 11.9 Å². The van der Waals surface area contributed by atoms with Crippen molar-refractivity contribution in [3.63, 3.8) is 0 Å². The third-order valence-electron chi connectivity index (χ3n) is 4.95. The molecular formula is C20H19NO4. The summed E-state index contributed by atoms with van der Waals surface area (Å²) >= 11 is 0. The van der Waals surface area contributed by atoms with Gasteiger partial charge in [-0.25, -0.2) is 4.79 Å². The van der Waals surface area contributed by atoms with E-state index in [1.165, 1.54) is 4.90 Å². The molecule has 0 spiro atoms. The van der Waals surface area contributed by atoms with Crippen molar-refractivity contribution in [2.75, 3.05) is 6.61 Å². The van der Waals surface area contributed by atoms with Crippen LogP contribution in [-0.2, 0) is 24.2 Å². The monoisotopic (exact) mass is 337 g/mol. The zero-order valence-electron chi connectivity index (χ0n) is 13.8. The number of nitrogens with zero attached hydrogens (tertiary/aromatic N) is 1. The van der Waals surface area contributed by atoms with E-state index in [-0.39, 0.29) is 5.91 Å². The summed E-state index contributed by atoms with van der Waals surface area (Å²) < 4.78 is 5.59. The van der Waals surface area contributed by atoms with Gasteiger partial charge in [-0.15, -0.1) is 0 Å². The quantitative estimate of drug-likeness (QED) is 0.915. The van der Waals surface area contributed by atoms with Crippen LogP contribution in [0.3, 0.4) is 0 Å². The van der Waals surface area contributed by atoms with Gasteiger partial charge in [0, 0.05) is 18.5 Å². The topological polar surface area (TPSA) is 66.8 Å². The normalized spacial score (nSPS) is 18.7. The molecule has 2 aliphatic heterocycles. The van der Waals surface area contributed by atoms with Gasteiger partial charge in [0.25, 0.3) is 5.91 Å². The van der Waals surface area contributed by atoms with Crippen LogP contribution in [0, 0.1) is 0 Å². The van der Waals surface area contributed by atoms with Gasteiger partial charge in [0.15, 0.2) is 0 Å². The third-order valence-corrected chi connectivity index (χ3v) is 4.95. The number of ether oxygens (including phenoxy) is 1. The van der Waals surface area contributed by atoms with Crippen molar-refractivity contribution in [1.29, 1.82) is 0 Å². The number of aliphatic carboxylic acids is 1. The average Bonchev–Trinajstić information content (AvgIpc) is 2.66. The van der Waals surface area contributed by atoms with Crippen molar-refractivity contribution in [3.8, 4) is 5.75 Å². The van der Waals surface area contributed by atoms with Gasteiger partial charge < -0.3 is 14.7 Å². The van der Waals surface area contributed by atoms with E-state index in [1.54, 1.807) is 6.07 Å². The van der Waals surface area contributed by atoms with Gasteiger partial charge in [-0.05, 0) is 47.7 Å². The van der Waals surface area contributed by atoms with Crippen molar-refractivity contribution < 1.29 is 19.4 Å². The molecule has 4 rings (SSSR count). The molecule has 0 aromatic heterocycles. The Morgan fingerprint density at radius 3 is 2.68 bits per heavy atom. The second-order valence-corrected chi connectivity index (χ2v) is 6.53. The maximum Gasteiger partial charge on any atom is 0.326 e. The number of carboxylic acid groups (broad SMARTS) is 1. The number of hydrogen-bond donors (Lipinski definition) is 1. The largest absolute Gasteiger partial charge is 0.493 e. The first kappa shape index (κ1) is 15.7. The average molecular weight is 337 g/mol. The van der Waals surface area contributed by atoms with E-state index < -0.39 is 12.0 Å². The molecule has 0 aliphatic carbocycles. The first-order valence-corrected chi connectivity index (χ1v) is 8.50. The van der Waals surface area contributed by atoms with Crippen molar-refractivity contribution in [2.45, 2.75) is 31.8 Å². The summed E-state index contributed by atoms with van der Waals surface area (Å²) in [5.74, 6) is -0.388. The molecule has 5 heteroatoms. The van der Waals surface area contributed by atoms with E-state index in [9.17, 15) is 14.7 Å². The number of hydrogen-bond acceptors (Lipinski definition) is 3. The molecule has 0 saturated carbocycles. The summed E-state index contributed by atoms with van der Waals surface area (Å²) in [5, 5.41) is 9.61. The highest BCUT2D eigenvalue weighted by atomic mass is 16.5. The van der Waals surface area contributed by atoms with E-state index >= 15 is 0 Å². The number of amides is 1. The molecule has 0 bridgehead atoms. The van der Waals surface area contributed by atoms with Crippen LogP contribution >= 0.6 is 0 Å². The smallest absolute Gasteiger partial charge is 0.326 e. The van der Waals surface area contributed by atoms with Crippen LogP contribution in [0.15, 0.2) is 42.5 Å². The summed E-state index contributed by atoms with van der Waals surface area (Å²) in [5.41, 5.74) is 3.55.